The molecule has 2 aromatic carbocycles. The van der Waals surface area contributed by atoms with Crippen molar-refractivity contribution in [2.24, 2.45) is 0 Å². The molecule has 30 heavy (non-hydrogen) atoms. The molecular formula is C23H18FN5O. The van der Waals surface area contributed by atoms with E-state index in [0.717, 1.165) is 39.4 Å². The zero-order valence-electron chi connectivity index (χ0n) is 16.2. The molecule has 5 rings (SSSR count). The fourth-order valence-corrected chi connectivity index (χ4v) is 3.63. The molecule has 0 radical (unpaired) electrons. The minimum atomic E-state index is -0.296. The van der Waals surface area contributed by atoms with E-state index in [1.165, 1.54) is 18.5 Å². The van der Waals surface area contributed by atoms with E-state index < -0.39 is 0 Å². The van der Waals surface area contributed by atoms with Gasteiger partial charge in [0.15, 0.2) is 0 Å². The monoisotopic (exact) mass is 399 g/mol. The van der Waals surface area contributed by atoms with E-state index in [9.17, 15) is 4.39 Å². The van der Waals surface area contributed by atoms with Crippen LogP contribution in [0.3, 0.4) is 0 Å². The molecule has 148 valence electrons. The summed E-state index contributed by atoms with van der Waals surface area (Å²) in [5.41, 5.74) is 4.69. The molecule has 7 heteroatoms. The average Bonchev–Trinajstić information content (AvgIpc) is 3.40. The van der Waals surface area contributed by atoms with E-state index in [1.54, 1.807) is 19.2 Å². The number of aromatic amines is 1. The minimum Gasteiger partial charge on any atom is -0.364 e. The van der Waals surface area contributed by atoms with Crippen molar-refractivity contribution in [3.63, 3.8) is 0 Å². The first-order valence-corrected chi connectivity index (χ1v) is 9.45. The molecule has 0 saturated heterocycles. The molecule has 3 heterocycles. The lowest BCUT2D eigenvalue weighted by Crippen LogP contribution is -2.05. The standard InChI is InChI=1S/C23H18FN5O/c1-30-14-29-21(20-18-11-12-25-22(18)27-13-26-20)19(15-7-9-17(24)10-8-15)28-23(29)16-5-3-2-4-6-16/h2-13H,14H2,1H3,(H,25,26,27). The lowest BCUT2D eigenvalue weighted by molar-refractivity contribution is 0.133. The van der Waals surface area contributed by atoms with Gasteiger partial charge < -0.3 is 9.72 Å². The van der Waals surface area contributed by atoms with Gasteiger partial charge in [-0.05, 0) is 30.3 Å². The Kier molecular flexibility index (Phi) is 4.57. The Balaban J connectivity index is 1.85. The molecule has 6 nitrogen and oxygen atoms in total. The number of rotatable bonds is 5. The van der Waals surface area contributed by atoms with Gasteiger partial charge in [0.05, 0.1) is 11.4 Å². The van der Waals surface area contributed by atoms with Crippen LogP contribution in [0.4, 0.5) is 4.39 Å². The number of H-pyrrole nitrogens is 1. The molecule has 3 aromatic heterocycles. The molecule has 0 aliphatic heterocycles. The van der Waals surface area contributed by atoms with Crippen molar-refractivity contribution in [1.82, 2.24) is 24.5 Å². The molecule has 0 bridgehead atoms. The average molecular weight is 399 g/mol. The number of ether oxygens (including phenoxy) is 1. The first-order chi connectivity index (χ1) is 14.8. The summed E-state index contributed by atoms with van der Waals surface area (Å²) in [5.74, 6) is 0.448. The van der Waals surface area contributed by atoms with Gasteiger partial charge in [-0.2, -0.15) is 0 Å². The summed E-state index contributed by atoms with van der Waals surface area (Å²) in [6.45, 7) is 0.281. The maximum absolute atomic E-state index is 13.6. The van der Waals surface area contributed by atoms with Crippen LogP contribution in [0.2, 0.25) is 0 Å². The van der Waals surface area contributed by atoms with Gasteiger partial charge in [0, 0.05) is 29.8 Å². The van der Waals surface area contributed by atoms with Crippen molar-refractivity contribution < 1.29 is 9.13 Å². The SMILES string of the molecule is COCn1c(-c2ccccc2)nc(-c2ccc(F)cc2)c1-c1ncnc2[nH]ccc12. The van der Waals surface area contributed by atoms with E-state index in [4.69, 9.17) is 9.72 Å². The molecule has 1 N–H and O–H groups in total. The van der Waals surface area contributed by atoms with Crippen molar-refractivity contribution in [2.75, 3.05) is 7.11 Å². The third-order valence-electron chi connectivity index (χ3n) is 4.95. The van der Waals surface area contributed by atoms with Gasteiger partial charge >= 0.3 is 0 Å². The van der Waals surface area contributed by atoms with Crippen LogP contribution < -0.4 is 0 Å². The van der Waals surface area contributed by atoms with Gasteiger partial charge in [0.2, 0.25) is 0 Å². The fraction of sp³-hybridized carbons (Fsp3) is 0.0870. The highest BCUT2D eigenvalue weighted by molar-refractivity contribution is 5.94. The molecule has 0 amide bonds. The number of aromatic nitrogens is 5. The highest BCUT2D eigenvalue weighted by Gasteiger charge is 2.24. The molecule has 0 fully saturated rings. The minimum absolute atomic E-state index is 0.281. The van der Waals surface area contributed by atoms with Crippen LogP contribution in [0, 0.1) is 5.82 Å². The van der Waals surface area contributed by atoms with Crippen LogP contribution in [0.1, 0.15) is 0 Å². The lowest BCUT2D eigenvalue weighted by Gasteiger charge is -2.12. The Morgan fingerprint density at radius 1 is 0.933 bits per heavy atom. The predicted molar refractivity (Wildman–Crippen MR) is 113 cm³/mol. The van der Waals surface area contributed by atoms with E-state index in [2.05, 4.69) is 15.0 Å². The molecule has 5 aromatic rings. The van der Waals surface area contributed by atoms with Crippen LogP contribution in [0.5, 0.6) is 0 Å². The number of hydrogen-bond acceptors (Lipinski definition) is 4. The molecule has 0 saturated carbocycles. The summed E-state index contributed by atoms with van der Waals surface area (Å²) in [5, 5.41) is 0.873. The summed E-state index contributed by atoms with van der Waals surface area (Å²) in [4.78, 5) is 17.0. The lowest BCUT2D eigenvalue weighted by atomic mass is 10.1. The predicted octanol–water partition coefficient (Wildman–Crippen LogP) is 4.90. The number of nitrogens with one attached hydrogen (secondary N) is 1. The third kappa shape index (κ3) is 3.05. The topological polar surface area (TPSA) is 68.6 Å². The number of imidazole rings is 1. The summed E-state index contributed by atoms with van der Waals surface area (Å²) in [6.07, 6.45) is 3.35. The second-order valence-electron chi connectivity index (χ2n) is 6.81. The third-order valence-corrected chi connectivity index (χ3v) is 4.95. The molecule has 0 spiro atoms. The van der Waals surface area contributed by atoms with Crippen molar-refractivity contribution in [3.05, 3.63) is 79.0 Å². The van der Waals surface area contributed by atoms with Crippen molar-refractivity contribution in [2.45, 2.75) is 6.73 Å². The van der Waals surface area contributed by atoms with Crippen LogP contribution in [0.25, 0.3) is 45.1 Å². The second kappa shape index (κ2) is 7.53. The fourth-order valence-electron chi connectivity index (χ4n) is 3.63. The van der Waals surface area contributed by atoms with Gasteiger partial charge in [-0.25, -0.2) is 19.3 Å². The zero-order chi connectivity index (χ0) is 20.5. The number of methoxy groups -OCH3 is 1. The summed E-state index contributed by atoms with van der Waals surface area (Å²) in [7, 11) is 1.64. The van der Waals surface area contributed by atoms with Crippen LogP contribution >= 0.6 is 0 Å². The highest BCUT2D eigenvalue weighted by Crippen LogP contribution is 2.37. The van der Waals surface area contributed by atoms with Gasteiger partial charge in [-0.1, -0.05) is 30.3 Å². The van der Waals surface area contributed by atoms with Crippen molar-refractivity contribution in [3.8, 4) is 34.0 Å². The molecule has 0 aliphatic rings. The van der Waals surface area contributed by atoms with Gasteiger partial charge in [-0.3, -0.25) is 4.57 Å². The zero-order valence-corrected chi connectivity index (χ0v) is 16.2. The quantitative estimate of drug-likeness (QED) is 0.456. The second-order valence-corrected chi connectivity index (χ2v) is 6.81. The molecule has 0 aliphatic carbocycles. The number of halogens is 1. The van der Waals surface area contributed by atoms with Crippen LogP contribution in [-0.4, -0.2) is 31.6 Å². The summed E-state index contributed by atoms with van der Waals surface area (Å²) >= 11 is 0. The van der Waals surface area contributed by atoms with E-state index in [1.807, 2.05) is 47.2 Å². The molecular weight excluding hydrogens is 381 g/mol. The van der Waals surface area contributed by atoms with Crippen molar-refractivity contribution >= 4 is 11.0 Å². The van der Waals surface area contributed by atoms with Gasteiger partial charge in [0.25, 0.3) is 0 Å². The maximum Gasteiger partial charge on any atom is 0.143 e. The highest BCUT2D eigenvalue weighted by atomic mass is 19.1. The largest absolute Gasteiger partial charge is 0.364 e. The Morgan fingerprint density at radius 3 is 2.50 bits per heavy atom. The van der Waals surface area contributed by atoms with Crippen LogP contribution in [0.15, 0.2) is 73.2 Å². The summed E-state index contributed by atoms with van der Waals surface area (Å²) in [6, 6.07) is 18.1. The maximum atomic E-state index is 13.6. The Bertz CT molecular complexity index is 1310. The number of fused-ring (bicyclic) bond motifs is 1. The summed E-state index contributed by atoms with van der Waals surface area (Å²) < 4.78 is 21.1. The van der Waals surface area contributed by atoms with Gasteiger partial charge in [-0.15, -0.1) is 0 Å². The normalized spacial score (nSPS) is 11.3. The number of benzene rings is 2. The van der Waals surface area contributed by atoms with E-state index in [0.29, 0.717) is 5.69 Å². The Labute approximate surface area is 172 Å². The van der Waals surface area contributed by atoms with Gasteiger partial charge in [0.1, 0.15) is 36.0 Å². The van der Waals surface area contributed by atoms with E-state index >= 15 is 0 Å². The number of nitrogens with zero attached hydrogens (tertiary/aromatic N) is 4. The molecule has 0 atom stereocenters. The number of hydrogen-bond donors (Lipinski definition) is 1. The first kappa shape index (κ1) is 18.2. The smallest absolute Gasteiger partial charge is 0.143 e. The molecule has 0 unspecified atom stereocenters. The Hall–Kier alpha value is -3.84. The Morgan fingerprint density at radius 2 is 1.73 bits per heavy atom. The van der Waals surface area contributed by atoms with Crippen LogP contribution in [-0.2, 0) is 11.5 Å². The first-order valence-electron chi connectivity index (χ1n) is 9.45. The van der Waals surface area contributed by atoms with E-state index in [-0.39, 0.29) is 12.5 Å². The van der Waals surface area contributed by atoms with Crippen molar-refractivity contribution in [1.29, 1.82) is 0 Å².